The lowest BCUT2D eigenvalue weighted by molar-refractivity contribution is 0.607. The van der Waals surface area contributed by atoms with Crippen molar-refractivity contribution >= 4 is 37.2 Å². The van der Waals surface area contributed by atoms with E-state index in [2.05, 4.69) is 20.7 Å². The van der Waals surface area contributed by atoms with Crippen molar-refractivity contribution in [3.63, 3.8) is 0 Å². The first-order valence-corrected chi connectivity index (χ1v) is 7.96. The third-order valence-electron chi connectivity index (χ3n) is 2.34. The fourth-order valence-corrected chi connectivity index (χ4v) is 2.30. The summed E-state index contributed by atoms with van der Waals surface area (Å²) < 4.78 is 26.1. The Kier molecular flexibility index (Phi) is 4.77. The van der Waals surface area contributed by atoms with Crippen LogP contribution in [0.15, 0.2) is 28.7 Å². The molecule has 0 unspecified atom stereocenters. The number of nitrogens with one attached hydrogen (secondary N) is 1. The molecule has 0 atom stereocenters. The number of hydrogen-bond donors (Lipinski definition) is 1. The zero-order valence-electron chi connectivity index (χ0n) is 10.1. The van der Waals surface area contributed by atoms with E-state index < -0.39 is 10.0 Å². The van der Waals surface area contributed by atoms with E-state index in [1.165, 1.54) is 0 Å². The summed E-state index contributed by atoms with van der Waals surface area (Å²) in [6.07, 6.45) is 2.02. The van der Waals surface area contributed by atoms with Crippen molar-refractivity contribution in [2.75, 3.05) is 11.0 Å². The Morgan fingerprint density at radius 2 is 1.94 bits per heavy atom. The minimum absolute atomic E-state index is 0.609. The molecule has 0 aromatic heterocycles. The minimum atomic E-state index is -3.25. The number of hydrogen-bond acceptors (Lipinski definition) is 2. The average molecular weight is 318 g/mol. The maximum absolute atomic E-state index is 11.3. The highest BCUT2D eigenvalue weighted by molar-refractivity contribution is 9.11. The van der Waals surface area contributed by atoms with Gasteiger partial charge in [0.05, 0.1) is 11.9 Å². The van der Waals surface area contributed by atoms with Crippen LogP contribution in [0.1, 0.15) is 25.8 Å². The first-order chi connectivity index (χ1) is 7.85. The van der Waals surface area contributed by atoms with E-state index in [1.54, 1.807) is 6.07 Å². The second kappa shape index (κ2) is 5.69. The smallest absolute Gasteiger partial charge is 0.229 e. The van der Waals surface area contributed by atoms with Gasteiger partial charge in [0.2, 0.25) is 10.0 Å². The molecule has 0 aliphatic rings. The van der Waals surface area contributed by atoms with Crippen LogP contribution in [-0.2, 0) is 10.0 Å². The van der Waals surface area contributed by atoms with E-state index in [1.807, 2.05) is 32.0 Å². The Morgan fingerprint density at radius 1 is 1.35 bits per heavy atom. The zero-order chi connectivity index (χ0) is 13.1. The van der Waals surface area contributed by atoms with E-state index in [4.69, 9.17) is 0 Å². The van der Waals surface area contributed by atoms with Crippen molar-refractivity contribution in [1.29, 1.82) is 0 Å². The van der Waals surface area contributed by atoms with Crippen LogP contribution in [0.3, 0.4) is 0 Å². The van der Waals surface area contributed by atoms with Gasteiger partial charge in [-0.1, -0.05) is 41.1 Å². The summed E-state index contributed by atoms with van der Waals surface area (Å²) in [6, 6.07) is 7.36. The van der Waals surface area contributed by atoms with Gasteiger partial charge in [0.25, 0.3) is 0 Å². The lowest BCUT2D eigenvalue weighted by Crippen LogP contribution is -2.11. The number of benzene rings is 1. The molecule has 0 aliphatic carbocycles. The van der Waals surface area contributed by atoms with Gasteiger partial charge in [-0.3, -0.25) is 4.72 Å². The summed E-state index contributed by atoms with van der Waals surface area (Å²) >= 11 is 3.50. The molecular formula is C12H16BrNO2S. The van der Waals surface area contributed by atoms with Gasteiger partial charge >= 0.3 is 0 Å². The molecule has 0 saturated carbocycles. The van der Waals surface area contributed by atoms with Crippen molar-refractivity contribution in [3.8, 4) is 0 Å². The van der Waals surface area contributed by atoms with Gasteiger partial charge in [0.15, 0.2) is 0 Å². The first-order valence-electron chi connectivity index (χ1n) is 5.27. The number of para-hydroxylation sites is 1. The second-order valence-corrected chi connectivity index (χ2v) is 6.51. The molecule has 1 aromatic carbocycles. The fraction of sp³-hybridized carbons (Fsp3) is 0.333. The predicted octanol–water partition coefficient (Wildman–Crippen LogP) is 3.59. The molecule has 3 nitrogen and oxygen atoms in total. The van der Waals surface area contributed by atoms with Gasteiger partial charge in [-0.15, -0.1) is 0 Å². The number of rotatable bonds is 4. The first kappa shape index (κ1) is 14.3. The topological polar surface area (TPSA) is 46.2 Å². The highest BCUT2D eigenvalue weighted by Gasteiger charge is 2.09. The SMILES string of the molecule is CCC(Br)=C(C)c1ccccc1NS(C)(=O)=O. The monoisotopic (exact) mass is 317 g/mol. The van der Waals surface area contributed by atoms with Crippen molar-refractivity contribution in [1.82, 2.24) is 0 Å². The van der Waals surface area contributed by atoms with Crippen LogP contribution >= 0.6 is 15.9 Å². The number of anilines is 1. The van der Waals surface area contributed by atoms with Crippen LogP contribution in [0.25, 0.3) is 5.57 Å². The van der Waals surface area contributed by atoms with Gasteiger partial charge < -0.3 is 0 Å². The molecule has 94 valence electrons. The quantitative estimate of drug-likeness (QED) is 0.922. The third kappa shape index (κ3) is 4.16. The second-order valence-electron chi connectivity index (χ2n) is 3.80. The fourth-order valence-electron chi connectivity index (χ4n) is 1.51. The Labute approximate surface area is 111 Å². The Balaban J connectivity index is 3.26. The third-order valence-corrected chi connectivity index (χ3v) is 4.09. The summed E-state index contributed by atoms with van der Waals surface area (Å²) in [5.41, 5.74) is 2.55. The van der Waals surface area contributed by atoms with Crippen LogP contribution < -0.4 is 4.72 Å². The van der Waals surface area contributed by atoms with E-state index in [-0.39, 0.29) is 0 Å². The van der Waals surface area contributed by atoms with Crippen molar-refractivity contribution in [2.24, 2.45) is 0 Å². The van der Waals surface area contributed by atoms with Gasteiger partial charge in [-0.25, -0.2) is 8.42 Å². The molecule has 0 bridgehead atoms. The van der Waals surface area contributed by atoms with Crippen molar-refractivity contribution in [2.45, 2.75) is 20.3 Å². The van der Waals surface area contributed by atoms with Crippen LogP contribution in [0, 0.1) is 0 Å². The van der Waals surface area contributed by atoms with Crippen LogP contribution in [0.5, 0.6) is 0 Å². The van der Waals surface area contributed by atoms with Crippen LogP contribution in [0.4, 0.5) is 5.69 Å². The molecule has 5 heteroatoms. The molecule has 0 spiro atoms. The lowest BCUT2D eigenvalue weighted by Gasteiger charge is -2.12. The molecule has 1 N–H and O–H groups in total. The number of sulfonamides is 1. The molecule has 0 aliphatic heterocycles. The van der Waals surface area contributed by atoms with E-state index in [9.17, 15) is 8.42 Å². The van der Waals surface area contributed by atoms with E-state index >= 15 is 0 Å². The summed E-state index contributed by atoms with van der Waals surface area (Å²) in [6.45, 7) is 4.01. The maximum atomic E-state index is 11.3. The standard InChI is InChI=1S/C12H16BrNO2S/c1-4-11(13)9(2)10-7-5-6-8-12(10)14-17(3,15)16/h5-8,14H,4H2,1-3H3. The van der Waals surface area contributed by atoms with E-state index in [0.717, 1.165) is 28.3 Å². The van der Waals surface area contributed by atoms with Crippen molar-refractivity contribution in [3.05, 3.63) is 34.3 Å². The zero-order valence-corrected chi connectivity index (χ0v) is 12.5. The summed E-state index contributed by atoms with van der Waals surface area (Å²) in [7, 11) is -3.25. The molecule has 1 aromatic rings. The molecule has 17 heavy (non-hydrogen) atoms. The molecule has 0 fully saturated rings. The molecule has 0 heterocycles. The van der Waals surface area contributed by atoms with Gasteiger partial charge in [0.1, 0.15) is 0 Å². The molecular weight excluding hydrogens is 302 g/mol. The van der Waals surface area contributed by atoms with Gasteiger partial charge in [-0.2, -0.15) is 0 Å². The van der Waals surface area contributed by atoms with Crippen molar-refractivity contribution < 1.29 is 8.42 Å². The average Bonchev–Trinajstić information content (AvgIpc) is 2.25. The van der Waals surface area contributed by atoms with Gasteiger partial charge in [-0.05, 0) is 29.5 Å². The normalized spacial score (nSPS) is 13.2. The molecule has 0 radical (unpaired) electrons. The largest absolute Gasteiger partial charge is 0.283 e. The Morgan fingerprint density at radius 3 is 2.47 bits per heavy atom. The highest BCUT2D eigenvalue weighted by Crippen LogP contribution is 2.30. The number of halogens is 1. The van der Waals surface area contributed by atoms with Gasteiger partial charge in [0, 0.05) is 5.56 Å². The molecule has 1 rings (SSSR count). The lowest BCUT2D eigenvalue weighted by atomic mass is 10.0. The summed E-state index contributed by atoms with van der Waals surface area (Å²) in [5.74, 6) is 0. The summed E-state index contributed by atoms with van der Waals surface area (Å²) in [5, 5.41) is 0. The Hall–Kier alpha value is -0.810. The number of allylic oxidation sites excluding steroid dienone is 2. The van der Waals surface area contributed by atoms with E-state index in [0.29, 0.717) is 5.69 Å². The highest BCUT2D eigenvalue weighted by atomic mass is 79.9. The maximum Gasteiger partial charge on any atom is 0.229 e. The minimum Gasteiger partial charge on any atom is -0.283 e. The molecule has 0 saturated heterocycles. The van der Waals surface area contributed by atoms with Crippen LogP contribution in [0.2, 0.25) is 0 Å². The predicted molar refractivity (Wildman–Crippen MR) is 76.7 cm³/mol. The Bertz CT molecular complexity index is 535. The summed E-state index contributed by atoms with van der Waals surface area (Å²) in [4.78, 5) is 0. The van der Waals surface area contributed by atoms with Crippen LogP contribution in [-0.4, -0.2) is 14.7 Å². The molecule has 0 amide bonds.